The van der Waals surface area contributed by atoms with E-state index < -0.39 is 0 Å². The average Bonchev–Trinajstić information content (AvgIpc) is 2.80. The third-order valence-corrected chi connectivity index (χ3v) is 3.61. The largest absolute Gasteiger partial charge is 0.497 e. The van der Waals surface area contributed by atoms with E-state index in [-0.39, 0.29) is 0 Å². The van der Waals surface area contributed by atoms with Gasteiger partial charge < -0.3 is 9.30 Å². The van der Waals surface area contributed by atoms with Crippen LogP contribution in [0.1, 0.15) is 10.4 Å². The number of methoxy groups -OCH3 is 1. The lowest BCUT2D eigenvalue weighted by molar-refractivity contribution is 0.112. The Kier molecular flexibility index (Phi) is 3.03. The van der Waals surface area contributed by atoms with Crippen LogP contribution in [0.4, 0.5) is 0 Å². The van der Waals surface area contributed by atoms with Crippen molar-refractivity contribution in [2.75, 3.05) is 7.11 Å². The van der Waals surface area contributed by atoms with E-state index in [0.29, 0.717) is 0 Å². The normalized spacial score (nSPS) is 10.7. The SMILES string of the molecule is COc1ccc2c(C=O)c(-c3ccccc3)n(C)c2c1. The van der Waals surface area contributed by atoms with Gasteiger partial charge in [-0.25, -0.2) is 0 Å². The standard InChI is InChI=1S/C17H15NO2/c1-18-16-10-13(20-2)8-9-14(16)15(11-19)17(18)12-6-4-3-5-7-12/h3-11H,1-2H3. The summed E-state index contributed by atoms with van der Waals surface area (Å²) in [5.41, 5.74) is 3.68. The molecule has 2 aromatic carbocycles. The highest BCUT2D eigenvalue weighted by Crippen LogP contribution is 2.33. The molecule has 0 aliphatic rings. The molecule has 0 atom stereocenters. The Labute approximate surface area is 117 Å². The number of hydrogen-bond donors (Lipinski definition) is 0. The van der Waals surface area contributed by atoms with Crippen LogP contribution >= 0.6 is 0 Å². The summed E-state index contributed by atoms with van der Waals surface area (Å²) in [5, 5.41) is 0.946. The van der Waals surface area contributed by atoms with Gasteiger partial charge in [-0.1, -0.05) is 30.3 Å². The molecule has 3 aromatic rings. The van der Waals surface area contributed by atoms with Gasteiger partial charge in [0.25, 0.3) is 0 Å². The second-order valence-corrected chi connectivity index (χ2v) is 4.69. The molecule has 20 heavy (non-hydrogen) atoms. The number of nitrogens with zero attached hydrogens (tertiary/aromatic N) is 1. The zero-order valence-corrected chi connectivity index (χ0v) is 11.5. The number of ether oxygens (including phenoxy) is 1. The fraction of sp³-hybridized carbons (Fsp3) is 0.118. The van der Waals surface area contributed by atoms with E-state index in [4.69, 9.17) is 4.74 Å². The summed E-state index contributed by atoms with van der Waals surface area (Å²) >= 11 is 0. The number of aryl methyl sites for hydroxylation is 1. The summed E-state index contributed by atoms with van der Waals surface area (Å²) in [6.07, 6.45) is 0.928. The van der Waals surface area contributed by atoms with Crippen LogP contribution in [-0.2, 0) is 7.05 Å². The molecule has 1 aromatic heterocycles. The lowest BCUT2D eigenvalue weighted by Crippen LogP contribution is -1.93. The number of rotatable bonds is 3. The van der Waals surface area contributed by atoms with E-state index in [1.165, 1.54) is 0 Å². The molecule has 0 fully saturated rings. The van der Waals surface area contributed by atoms with Crippen LogP contribution in [0.25, 0.3) is 22.2 Å². The number of carbonyl (C=O) groups is 1. The predicted octanol–water partition coefficient (Wildman–Crippen LogP) is 3.67. The van der Waals surface area contributed by atoms with E-state index in [1.54, 1.807) is 7.11 Å². The van der Waals surface area contributed by atoms with Crippen molar-refractivity contribution in [2.24, 2.45) is 7.05 Å². The Morgan fingerprint density at radius 3 is 2.50 bits per heavy atom. The predicted molar refractivity (Wildman–Crippen MR) is 80.3 cm³/mol. The van der Waals surface area contributed by atoms with Crippen molar-refractivity contribution in [2.45, 2.75) is 0 Å². The number of fused-ring (bicyclic) bond motifs is 1. The zero-order valence-electron chi connectivity index (χ0n) is 11.5. The number of aromatic nitrogens is 1. The number of benzene rings is 2. The third kappa shape index (κ3) is 1.79. The first-order valence-electron chi connectivity index (χ1n) is 6.43. The van der Waals surface area contributed by atoms with Crippen LogP contribution in [0, 0.1) is 0 Å². The second-order valence-electron chi connectivity index (χ2n) is 4.69. The molecule has 0 bridgehead atoms. The molecule has 0 aliphatic heterocycles. The Morgan fingerprint density at radius 2 is 1.85 bits per heavy atom. The molecule has 0 unspecified atom stereocenters. The van der Waals surface area contributed by atoms with Crippen molar-refractivity contribution in [3.05, 3.63) is 54.1 Å². The molecule has 1 heterocycles. The van der Waals surface area contributed by atoms with E-state index in [1.807, 2.05) is 60.1 Å². The molecule has 0 saturated heterocycles. The Morgan fingerprint density at radius 1 is 1.10 bits per heavy atom. The fourth-order valence-corrected chi connectivity index (χ4v) is 2.64. The average molecular weight is 265 g/mol. The smallest absolute Gasteiger partial charge is 0.152 e. The highest BCUT2D eigenvalue weighted by molar-refractivity contribution is 6.05. The molecule has 3 rings (SSSR count). The van der Waals surface area contributed by atoms with Gasteiger partial charge in [0.15, 0.2) is 6.29 Å². The lowest BCUT2D eigenvalue weighted by atomic mass is 10.1. The third-order valence-electron chi connectivity index (χ3n) is 3.61. The Balaban J connectivity index is 2.37. The maximum Gasteiger partial charge on any atom is 0.152 e. The molecule has 0 spiro atoms. The molecule has 100 valence electrons. The van der Waals surface area contributed by atoms with Crippen LogP contribution in [0.3, 0.4) is 0 Å². The topological polar surface area (TPSA) is 31.2 Å². The minimum atomic E-state index is 0.719. The Bertz CT molecular complexity index is 773. The van der Waals surface area contributed by atoms with Crippen molar-refractivity contribution >= 4 is 17.2 Å². The van der Waals surface area contributed by atoms with Crippen LogP contribution in [-0.4, -0.2) is 18.0 Å². The van der Waals surface area contributed by atoms with Crippen molar-refractivity contribution < 1.29 is 9.53 Å². The lowest BCUT2D eigenvalue weighted by Gasteiger charge is -2.05. The number of aldehydes is 1. The van der Waals surface area contributed by atoms with Gasteiger partial charge in [0, 0.05) is 24.1 Å². The summed E-state index contributed by atoms with van der Waals surface area (Å²) in [6, 6.07) is 15.7. The van der Waals surface area contributed by atoms with Gasteiger partial charge in [-0.05, 0) is 17.7 Å². The highest BCUT2D eigenvalue weighted by Gasteiger charge is 2.16. The monoisotopic (exact) mass is 265 g/mol. The van der Waals surface area contributed by atoms with Gasteiger partial charge in [-0.2, -0.15) is 0 Å². The zero-order chi connectivity index (χ0) is 14.1. The first-order chi connectivity index (χ1) is 9.76. The second kappa shape index (κ2) is 4.85. The van der Waals surface area contributed by atoms with E-state index >= 15 is 0 Å². The first-order valence-corrected chi connectivity index (χ1v) is 6.43. The maximum atomic E-state index is 11.5. The molecule has 0 N–H and O–H groups in total. The van der Waals surface area contributed by atoms with E-state index in [2.05, 4.69) is 0 Å². The fourth-order valence-electron chi connectivity index (χ4n) is 2.64. The molecule has 0 aliphatic carbocycles. The van der Waals surface area contributed by atoms with Crippen molar-refractivity contribution in [3.63, 3.8) is 0 Å². The molecular formula is C17H15NO2. The van der Waals surface area contributed by atoms with Crippen LogP contribution < -0.4 is 4.74 Å². The van der Waals surface area contributed by atoms with Gasteiger partial charge in [0.2, 0.25) is 0 Å². The van der Waals surface area contributed by atoms with E-state index in [0.717, 1.165) is 39.8 Å². The molecule has 0 radical (unpaired) electrons. The molecule has 0 saturated carbocycles. The summed E-state index contributed by atoms with van der Waals surface area (Å²) in [5.74, 6) is 0.787. The van der Waals surface area contributed by atoms with Crippen LogP contribution in [0.2, 0.25) is 0 Å². The van der Waals surface area contributed by atoms with Crippen molar-refractivity contribution in [1.82, 2.24) is 4.57 Å². The molecule has 3 heteroatoms. The van der Waals surface area contributed by atoms with Gasteiger partial charge in [-0.15, -0.1) is 0 Å². The van der Waals surface area contributed by atoms with Crippen LogP contribution in [0.15, 0.2) is 48.5 Å². The molecule has 0 amide bonds. The summed E-state index contributed by atoms with van der Waals surface area (Å²) in [6.45, 7) is 0. The molecular weight excluding hydrogens is 250 g/mol. The van der Waals surface area contributed by atoms with Gasteiger partial charge >= 0.3 is 0 Å². The minimum absolute atomic E-state index is 0.719. The quantitative estimate of drug-likeness (QED) is 0.677. The van der Waals surface area contributed by atoms with Crippen molar-refractivity contribution in [1.29, 1.82) is 0 Å². The number of hydrogen-bond acceptors (Lipinski definition) is 2. The summed E-state index contributed by atoms with van der Waals surface area (Å²) in [4.78, 5) is 11.5. The van der Waals surface area contributed by atoms with Crippen LogP contribution in [0.5, 0.6) is 5.75 Å². The van der Waals surface area contributed by atoms with Gasteiger partial charge in [0.05, 0.1) is 18.3 Å². The summed E-state index contributed by atoms with van der Waals surface area (Å²) < 4.78 is 7.30. The van der Waals surface area contributed by atoms with E-state index in [9.17, 15) is 4.79 Å². The first kappa shape index (κ1) is 12.5. The minimum Gasteiger partial charge on any atom is -0.497 e. The maximum absolute atomic E-state index is 11.5. The highest BCUT2D eigenvalue weighted by atomic mass is 16.5. The number of carbonyl (C=O) groups excluding carboxylic acids is 1. The summed E-state index contributed by atoms with van der Waals surface area (Å²) in [7, 11) is 3.61. The van der Waals surface area contributed by atoms with Gasteiger partial charge in [-0.3, -0.25) is 4.79 Å². The molecule has 3 nitrogen and oxygen atoms in total. The van der Waals surface area contributed by atoms with Crippen molar-refractivity contribution in [3.8, 4) is 17.0 Å². The Hall–Kier alpha value is -2.55. The van der Waals surface area contributed by atoms with Gasteiger partial charge in [0.1, 0.15) is 5.75 Å².